The Labute approximate surface area is 164 Å². The lowest BCUT2D eigenvalue weighted by atomic mass is 10.0. The largest absolute Gasteiger partial charge is 0.309 e. The van der Waals surface area contributed by atoms with Gasteiger partial charge in [-0.1, -0.05) is 42.0 Å². The van der Waals surface area contributed by atoms with E-state index in [0.29, 0.717) is 0 Å². The van der Waals surface area contributed by atoms with Crippen LogP contribution in [0.3, 0.4) is 0 Å². The topological polar surface area (TPSA) is 30.7 Å². The van der Waals surface area contributed by atoms with Crippen molar-refractivity contribution in [2.24, 2.45) is 0 Å². The number of hydrogen-bond donors (Lipinski definition) is 0. The molecule has 0 amide bonds. The van der Waals surface area contributed by atoms with Gasteiger partial charge in [0.25, 0.3) is 0 Å². The molecule has 0 spiro atoms. The van der Waals surface area contributed by atoms with E-state index in [1.807, 2.05) is 24.8 Å². The Morgan fingerprint density at radius 1 is 0.643 bits per heavy atom. The molecule has 3 heteroatoms. The van der Waals surface area contributed by atoms with Gasteiger partial charge in [0.05, 0.1) is 11.0 Å². The summed E-state index contributed by atoms with van der Waals surface area (Å²) in [5.74, 6) is 0. The van der Waals surface area contributed by atoms with Gasteiger partial charge in [0.2, 0.25) is 0 Å². The molecule has 0 aliphatic heterocycles. The Kier molecular flexibility index (Phi) is 4.13. The summed E-state index contributed by atoms with van der Waals surface area (Å²) in [5, 5.41) is 2.27. The van der Waals surface area contributed by atoms with Gasteiger partial charge in [-0.2, -0.15) is 0 Å². The van der Waals surface area contributed by atoms with Crippen molar-refractivity contribution in [1.29, 1.82) is 0 Å². The van der Waals surface area contributed by atoms with E-state index in [9.17, 15) is 0 Å². The summed E-state index contributed by atoms with van der Waals surface area (Å²) in [6, 6.07) is 21.9. The van der Waals surface area contributed by atoms with Crippen molar-refractivity contribution in [2.45, 2.75) is 19.8 Å². The van der Waals surface area contributed by atoms with Crippen LogP contribution in [0.4, 0.5) is 0 Å². The zero-order valence-electron chi connectivity index (χ0n) is 15.8. The van der Waals surface area contributed by atoms with Gasteiger partial charge in [-0.05, 0) is 55.2 Å². The molecule has 0 saturated carbocycles. The second-order valence-electron chi connectivity index (χ2n) is 7.27. The highest BCUT2D eigenvalue weighted by Gasteiger charge is 2.11. The van der Waals surface area contributed by atoms with Crippen molar-refractivity contribution in [3.8, 4) is 5.69 Å². The van der Waals surface area contributed by atoms with Gasteiger partial charge in [-0.3, -0.25) is 9.97 Å². The summed E-state index contributed by atoms with van der Waals surface area (Å²) in [7, 11) is 0. The van der Waals surface area contributed by atoms with Crippen LogP contribution >= 0.6 is 0 Å². The molecule has 0 atom stereocenters. The third kappa shape index (κ3) is 2.95. The Morgan fingerprint density at radius 3 is 1.68 bits per heavy atom. The van der Waals surface area contributed by atoms with Crippen molar-refractivity contribution >= 4 is 21.8 Å². The zero-order valence-corrected chi connectivity index (χ0v) is 15.8. The smallest absolute Gasteiger partial charge is 0.0572 e. The first-order valence-corrected chi connectivity index (χ1v) is 9.62. The molecule has 3 heterocycles. The van der Waals surface area contributed by atoms with E-state index in [1.165, 1.54) is 16.7 Å². The molecule has 2 aromatic carbocycles. The number of aryl methyl sites for hydroxylation is 3. The van der Waals surface area contributed by atoms with Crippen LogP contribution in [0.25, 0.3) is 27.5 Å². The van der Waals surface area contributed by atoms with E-state index in [0.717, 1.165) is 40.3 Å². The van der Waals surface area contributed by atoms with Gasteiger partial charge in [0, 0.05) is 41.2 Å². The first-order chi connectivity index (χ1) is 13.8. The van der Waals surface area contributed by atoms with E-state index in [1.54, 1.807) is 0 Å². The van der Waals surface area contributed by atoms with Crippen molar-refractivity contribution < 1.29 is 0 Å². The molecule has 28 heavy (non-hydrogen) atoms. The van der Waals surface area contributed by atoms with E-state index in [4.69, 9.17) is 0 Å². The zero-order chi connectivity index (χ0) is 18.9. The molecule has 0 radical (unpaired) electrons. The minimum Gasteiger partial charge on any atom is -0.309 e. The fourth-order valence-corrected chi connectivity index (χ4v) is 3.84. The molecule has 0 aliphatic carbocycles. The van der Waals surface area contributed by atoms with E-state index < -0.39 is 0 Å². The fourth-order valence-electron chi connectivity index (χ4n) is 3.84. The highest BCUT2D eigenvalue weighted by Crippen LogP contribution is 2.30. The third-order valence-corrected chi connectivity index (χ3v) is 5.39. The molecule has 5 rings (SSSR count). The maximum Gasteiger partial charge on any atom is 0.0572 e. The van der Waals surface area contributed by atoms with Crippen LogP contribution in [-0.4, -0.2) is 14.5 Å². The van der Waals surface area contributed by atoms with Gasteiger partial charge in [-0.15, -0.1) is 0 Å². The number of aromatic nitrogens is 3. The number of pyridine rings is 2. The Hall–Kier alpha value is -3.46. The number of rotatable bonds is 4. The summed E-state index contributed by atoms with van der Waals surface area (Å²) in [6.45, 7) is 2.13. The van der Waals surface area contributed by atoms with Crippen molar-refractivity contribution in [3.63, 3.8) is 0 Å². The van der Waals surface area contributed by atoms with Crippen molar-refractivity contribution in [2.75, 3.05) is 0 Å². The van der Waals surface area contributed by atoms with E-state index >= 15 is 0 Å². The summed E-state index contributed by atoms with van der Waals surface area (Å²) in [5.41, 5.74) is 7.53. The number of fused-ring (bicyclic) bond motifs is 3. The molecule has 0 aliphatic rings. The normalized spacial score (nSPS) is 11.3. The summed E-state index contributed by atoms with van der Waals surface area (Å²) in [6.07, 6.45) is 9.65. The maximum absolute atomic E-state index is 4.30. The molecule has 0 N–H and O–H groups in total. The monoisotopic (exact) mass is 363 g/mol. The Morgan fingerprint density at radius 2 is 1.14 bits per heavy atom. The second kappa shape index (κ2) is 6.93. The quantitative estimate of drug-likeness (QED) is 0.412. The summed E-state index contributed by atoms with van der Waals surface area (Å²) in [4.78, 5) is 8.60. The van der Waals surface area contributed by atoms with Crippen LogP contribution in [0.2, 0.25) is 0 Å². The van der Waals surface area contributed by atoms with Crippen LogP contribution in [0, 0.1) is 6.92 Å². The third-order valence-electron chi connectivity index (χ3n) is 5.39. The van der Waals surface area contributed by atoms with Gasteiger partial charge in [0.15, 0.2) is 0 Å². The first kappa shape index (κ1) is 16.7. The van der Waals surface area contributed by atoms with Gasteiger partial charge in [0.1, 0.15) is 0 Å². The minimum atomic E-state index is 1.05. The van der Waals surface area contributed by atoms with Crippen LogP contribution in [0.1, 0.15) is 16.7 Å². The molecular formula is C25H21N3. The molecule has 3 nitrogen and oxygen atoms in total. The van der Waals surface area contributed by atoms with Crippen LogP contribution < -0.4 is 0 Å². The second-order valence-corrected chi connectivity index (χ2v) is 7.27. The summed E-state index contributed by atoms with van der Waals surface area (Å²) < 4.78 is 2.29. The van der Waals surface area contributed by atoms with Crippen molar-refractivity contribution in [1.82, 2.24) is 14.5 Å². The predicted octanol–water partition coefficient (Wildman–Crippen LogP) is 5.67. The molecular weight excluding hydrogens is 342 g/mol. The van der Waals surface area contributed by atoms with E-state index in [2.05, 4.69) is 82.1 Å². The number of benzene rings is 2. The number of nitrogens with zero attached hydrogens (tertiary/aromatic N) is 3. The van der Waals surface area contributed by atoms with Gasteiger partial charge < -0.3 is 4.57 Å². The molecule has 3 aromatic heterocycles. The SMILES string of the molecule is Cc1ccc(CCc2ccc(-n3c4ccncc4c4cnccc43)cc2)cc1. The Bertz CT molecular complexity index is 1200. The lowest BCUT2D eigenvalue weighted by Crippen LogP contribution is -1.96. The predicted molar refractivity (Wildman–Crippen MR) is 115 cm³/mol. The molecule has 136 valence electrons. The average Bonchev–Trinajstić information content (AvgIpc) is 3.08. The highest BCUT2D eigenvalue weighted by atomic mass is 15.0. The molecule has 0 fully saturated rings. The summed E-state index contributed by atoms with van der Waals surface area (Å²) >= 11 is 0. The lowest BCUT2D eigenvalue weighted by Gasteiger charge is -2.09. The minimum absolute atomic E-state index is 1.05. The lowest BCUT2D eigenvalue weighted by molar-refractivity contribution is 0.957. The van der Waals surface area contributed by atoms with Gasteiger partial charge >= 0.3 is 0 Å². The van der Waals surface area contributed by atoms with Crippen molar-refractivity contribution in [3.05, 3.63) is 102 Å². The Balaban J connectivity index is 1.48. The van der Waals surface area contributed by atoms with Crippen LogP contribution in [-0.2, 0) is 12.8 Å². The van der Waals surface area contributed by atoms with E-state index in [-0.39, 0.29) is 0 Å². The maximum atomic E-state index is 4.30. The fraction of sp³-hybridized carbons (Fsp3) is 0.120. The molecule has 0 unspecified atom stereocenters. The average molecular weight is 363 g/mol. The molecule has 0 saturated heterocycles. The first-order valence-electron chi connectivity index (χ1n) is 9.62. The standard InChI is InChI=1S/C25H21N3/c1-18-2-4-19(5-3-18)6-7-20-8-10-21(11-9-20)28-24-12-14-26-16-22(24)23-17-27-15-13-25(23)28/h2-5,8-17H,6-7H2,1H3. The molecule has 5 aromatic rings. The van der Waals surface area contributed by atoms with Crippen LogP contribution in [0.15, 0.2) is 85.5 Å². The van der Waals surface area contributed by atoms with Crippen LogP contribution in [0.5, 0.6) is 0 Å². The number of hydrogen-bond acceptors (Lipinski definition) is 2. The molecule has 0 bridgehead atoms. The van der Waals surface area contributed by atoms with Gasteiger partial charge in [-0.25, -0.2) is 0 Å². The highest BCUT2D eigenvalue weighted by molar-refractivity contribution is 6.08.